The lowest BCUT2D eigenvalue weighted by Gasteiger charge is -2.17. The summed E-state index contributed by atoms with van der Waals surface area (Å²) in [4.78, 5) is 14.4. The number of benzene rings is 2. The van der Waals surface area contributed by atoms with Crippen molar-refractivity contribution in [2.45, 2.75) is 6.54 Å². The van der Waals surface area contributed by atoms with Crippen LogP contribution in [0.1, 0.15) is 15.9 Å². The average molecular weight is 333 g/mol. The van der Waals surface area contributed by atoms with Crippen LogP contribution < -0.4 is 4.74 Å². The number of hydrogen-bond acceptors (Lipinski definition) is 4. The Morgan fingerprint density at radius 1 is 1.00 bits per heavy atom. The maximum atomic E-state index is 12.7. The second kappa shape index (κ2) is 7.57. The largest absolute Gasteiger partial charge is 0.480 e. The minimum absolute atomic E-state index is 0.0350. The Hall–Kier alpha value is -3.21. The van der Waals surface area contributed by atoms with Gasteiger partial charge >= 0.3 is 0 Å². The molecule has 2 aromatic carbocycles. The zero-order chi connectivity index (χ0) is 17.6. The van der Waals surface area contributed by atoms with Gasteiger partial charge in [-0.1, -0.05) is 42.5 Å². The number of nitrogens with zero attached hydrogens (tertiary/aromatic N) is 3. The van der Waals surface area contributed by atoms with E-state index >= 15 is 0 Å². The number of ether oxygens (including phenoxy) is 1. The van der Waals surface area contributed by atoms with Crippen molar-refractivity contribution in [3.8, 4) is 17.1 Å². The van der Waals surface area contributed by atoms with E-state index in [4.69, 9.17) is 4.74 Å². The van der Waals surface area contributed by atoms with E-state index in [0.29, 0.717) is 23.7 Å². The molecule has 0 aliphatic carbocycles. The zero-order valence-corrected chi connectivity index (χ0v) is 14.2. The minimum Gasteiger partial charge on any atom is -0.480 e. The fourth-order valence-electron chi connectivity index (χ4n) is 2.54. The van der Waals surface area contributed by atoms with Gasteiger partial charge in [0, 0.05) is 30.8 Å². The van der Waals surface area contributed by atoms with E-state index in [9.17, 15) is 4.79 Å². The number of rotatable bonds is 5. The van der Waals surface area contributed by atoms with Gasteiger partial charge in [-0.3, -0.25) is 4.79 Å². The molecule has 1 aromatic heterocycles. The number of carbonyl (C=O) groups is 1. The predicted molar refractivity (Wildman–Crippen MR) is 96.3 cm³/mol. The molecule has 126 valence electrons. The lowest BCUT2D eigenvalue weighted by molar-refractivity contribution is 0.0785. The monoisotopic (exact) mass is 333 g/mol. The van der Waals surface area contributed by atoms with Gasteiger partial charge in [0.15, 0.2) is 0 Å². The first-order valence-electron chi connectivity index (χ1n) is 7.95. The van der Waals surface area contributed by atoms with Gasteiger partial charge in [0.05, 0.1) is 12.8 Å². The van der Waals surface area contributed by atoms with Gasteiger partial charge in [0.2, 0.25) is 5.88 Å². The van der Waals surface area contributed by atoms with Crippen molar-refractivity contribution in [2.24, 2.45) is 0 Å². The molecule has 0 fully saturated rings. The summed E-state index contributed by atoms with van der Waals surface area (Å²) < 4.78 is 5.02. The van der Waals surface area contributed by atoms with Crippen LogP contribution in [0.5, 0.6) is 5.88 Å². The van der Waals surface area contributed by atoms with Gasteiger partial charge < -0.3 is 9.64 Å². The van der Waals surface area contributed by atoms with E-state index in [1.807, 2.05) is 60.7 Å². The standard InChI is InChI=1S/C20H19N3O2/c1-23(14-15-7-4-3-5-8-15)20(24)17-10-6-9-16(13-17)18-11-12-19(25-2)22-21-18/h3-13H,14H2,1-2H3. The summed E-state index contributed by atoms with van der Waals surface area (Å²) in [5.41, 5.74) is 3.25. The van der Waals surface area contributed by atoms with Crippen LogP contribution in [0.15, 0.2) is 66.7 Å². The molecule has 3 aromatic rings. The molecule has 5 heteroatoms. The van der Waals surface area contributed by atoms with Crippen molar-refractivity contribution in [2.75, 3.05) is 14.2 Å². The highest BCUT2D eigenvalue weighted by Crippen LogP contribution is 2.20. The highest BCUT2D eigenvalue weighted by atomic mass is 16.5. The summed E-state index contributed by atoms with van der Waals surface area (Å²) in [5.74, 6) is 0.422. The Balaban J connectivity index is 1.79. The third-order valence-electron chi connectivity index (χ3n) is 3.86. The highest BCUT2D eigenvalue weighted by molar-refractivity contribution is 5.95. The smallest absolute Gasteiger partial charge is 0.253 e. The fraction of sp³-hybridized carbons (Fsp3) is 0.150. The van der Waals surface area contributed by atoms with Crippen LogP contribution in [0.2, 0.25) is 0 Å². The molecule has 3 rings (SSSR count). The van der Waals surface area contributed by atoms with Gasteiger partial charge in [-0.25, -0.2) is 0 Å². The van der Waals surface area contributed by atoms with Gasteiger partial charge in [-0.2, -0.15) is 0 Å². The average Bonchev–Trinajstić information content (AvgIpc) is 2.68. The van der Waals surface area contributed by atoms with Crippen LogP contribution in [-0.2, 0) is 6.54 Å². The Bertz CT molecular complexity index is 848. The first-order chi connectivity index (χ1) is 12.2. The normalized spacial score (nSPS) is 10.3. The van der Waals surface area contributed by atoms with E-state index in [0.717, 1.165) is 11.1 Å². The summed E-state index contributed by atoms with van der Waals surface area (Å²) in [7, 11) is 3.35. The second-order valence-electron chi connectivity index (χ2n) is 5.69. The van der Waals surface area contributed by atoms with Crippen LogP contribution in [0.3, 0.4) is 0 Å². The van der Waals surface area contributed by atoms with Crippen LogP contribution >= 0.6 is 0 Å². The molecule has 0 N–H and O–H groups in total. The lowest BCUT2D eigenvalue weighted by Crippen LogP contribution is -2.26. The van der Waals surface area contributed by atoms with E-state index in [-0.39, 0.29) is 5.91 Å². The summed E-state index contributed by atoms with van der Waals surface area (Å²) in [6, 6.07) is 20.9. The van der Waals surface area contributed by atoms with E-state index < -0.39 is 0 Å². The Morgan fingerprint density at radius 2 is 1.80 bits per heavy atom. The molecule has 0 radical (unpaired) electrons. The van der Waals surface area contributed by atoms with Gasteiger partial charge in [0.1, 0.15) is 0 Å². The second-order valence-corrected chi connectivity index (χ2v) is 5.69. The SMILES string of the molecule is COc1ccc(-c2cccc(C(=O)N(C)Cc3ccccc3)c2)nn1. The quantitative estimate of drug-likeness (QED) is 0.718. The minimum atomic E-state index is -0.0350. The van der Waals surface area contributed by atoms with Crippen molar-refractivity contribution >= 4 is 5.91 Å². The molecule has 1 amide bonds. The molecule has 0 saturated carbocycles. The van der Waals surface area contributed by atoms with Gasteiger partial charge in [-0.15, -0.1) is 10.2 Å². The Labute approximate surface area is 146 Å². The van der Waals surface area contributed by atoms with Crippen LogP contribution in [0.4, 0.5) is 0 Å². The molecular weight excluding hydrogens is 314 g/mol. The molecule has 0 bridgehead atoms. The van der Waals surface area contributed by atoms with Crippen LogP contribution in [0, 0.1) is 0 Å². The first kappa shape index (κ1) is 16.6. The van der Waals surface area contributed by atoms with Crippen molar-refractivity contribution in [1.82, 2.24) is 15.1 Å². The Morgan fingerprint density at radius 3 is 2.48 bits per heavy atom. The Kier molecular flexibility index (Phi) is 5.04. The molecule has 1 heterocycles. The predicted octanol–water partition coefficient (Wildman–Crippen LogP) is 3.42. The van der Waals surface area contributed by atoms with Crippen LogP contribution in [-0.4, -0.2) is 35.2 Å². The summed E-state index contributed by atoms with van der Waals surface area (Å²) >= 11 is 0. The molecule has 25 heavy (non-hydrogen) atoms. The number of carbonyl (C=O) groups excluding carboxylic acids is 1. The summed E-state index contributed by atoms with van der Waals surface area (Å²) in [6.45, 7) is 0.562. The molecule has 0 aliphatic heterocycles. The van der Waals surface area contributed by atoms with Crippen molar-refractivity contribution in [3.63, 3.8) is 0 Å². The van der Waals surface area contributed by atoms with E-state index in [2.05, 4.69) is 10.2 Å². The van der Waals surface area contributed by atoms with Crippen molar-refractivity contribution in [1.29, 1.82) is 0 Å². The molecular formula is C20H19N3O2. The molecule has 0 spiro atoms. The number of aromatic nitrogens is 2. The number of hydrogen-bond donors (Lipinski definition) is 0. The zero-order valence-electron chi connectivity index (χ0n) is 14.2. The van der Waals surface area contributed by atoms with E-state index in [1.165, 1.54) is 0 Å². The summed E-state index contributed by atoms with van der Waals surface area (Å²) in [5, 5.41) is 8.10. The molecule has 0 atom stereocenters. The number of amides is 1. The molecule has 0 aliphatic rings. The third-order valence-corrected chi connectivity index (χ3v) is 3.86. The topological polar surface area (TPSA) is 55.3 Å². The molecule has 0 saturated heterocycles. The lowest BCUT2D eigenvalue weighted by atomic mass is 10.1. The molecule has 5 nitrogen and oxygen atoms in total. The third kappa shape index (κ3) is 4.01. The fourth-order valence-corrected chi connectivity index (χ4v) is 2.54. The first-order valence-corrected chi connectivity index (χ1v) is 7.95. The van der Waals surface area contributed by atoms with Crippen molar-refractivity contribution in [3.05, 3.63) is 77.9 Å². The highest BCUT2D eigenvalue weighted by Gasteiger charge is 2.13. The summed E-state index contributed by atoms with van der Waals surface area (Å²) in [6.07, 6.45) is 0. The number of methoxy groups -OCH3 is 1. The maximum Gasteiger partial charge on any atom is 0.253 e. The van der Waals surface area contributed by atoms with Gasteiger partial charge in [0.25, 0.3) is 5.91 Å². The van der Waals surface area contributed by atoms with E-state index in [1.54, 1.807) is 25.1 Å². The molecule has 0 unspecified atom stereocenters. The maximum absolute atomic E-state index is 12.7. The van der Waals surface area contributed by atoms with Gasteiger partial charge in [-0.05, 0) is 23.8 Å². The van der Waals surface area contributed by atoms with Crippen molar-refractivity contribution < 1.29 is 9.53 Å². The van der Waals surface area contributed by atoms with Crippen LogP contribution in [0.25, 0.3) is 11.3 Å².